The van der Waals surface area contributed by atoms with E-state index in [2.05, 4.69) is 4.98 Å². The number of ether oxygens (including phenoxy) is 1. The third kappa shape index (κ3) is 1.52. The highest BCUT2D eigenvalue weighted by Crippen LogP contribution is 2.21. The fraction of sp³-hybridized carbons (Fsp3) is 0.385. The second kappa shape index (κ2) is 3.87. The van der Waals surface area contributed by atoms with Gasteiger partial charge in [-0.3, -0.25) is 9.20 Å². The molecular weight excluding hydrogens is 216 g/mol. The minimum Gasteiger partial charge on any atom is -0.490 e. The summed E-state index contributed by atoms with van der Waals surface area (Å²) < 4.78 is 7.10. The van der Waals surface area contributed by atoms with Gasteiger partial charge in [-0.25, -0.2) is 4.98 Å². The van der Waals surface area contributed by atoms with Gasteiger partial charge in [0.15, 0.2) is 11.4 Å². The molecule has 2 aromatic heterocycles. The molecule has 4 nitrogen and oxygen atoms in total. The van der Waals surface area contributed by atoms with E-state index in [1.807, 2.05) is 19.1 Å². The summed E-state index contributed by atoms with van der Waals surface area (Å²) in [4.78, 5) is 16.8. The van der Waals surface area contributed by atoms with Crippen molar-refractivity contribution < 1.29 is 4.74 Å². The molecule has 1 aliphatic rings. The van der Waals surface area contributed by atoms with Gasteiger partial charge in [0.2, 0.25) is 0 Å². The first-order chi connectivity index (χ1) is 8.31. The van der Waals surface area contributed by atoms with Crippen molar-refractivity contribution in [1.82, 2.24) is 9.38 Å². The Bertz CT molecular complexity index is 631. The van der Waals surface area contributed by atoms with Gasteiger partial charge in [-0.1, -0.05) is 0 Å². The molecule has 0 radical (unpaired) electrons. The van der Waals surface area contributed by atoms with Crippen LogP contribution in [0.1, 0.15) is 24.6 Å². The number of pyridine rings is 1. The van der Waals surface area contributed by atoms with Crippen molar-refractivity contribution in [1.29, 1.82) is 0 Å². The maximum absolute atomic E-state index is 12.2. The Kier molecular flexibility index (Phi) is 2.35. The average Bonchev–Trinajstić information content (AvgIpc) is 2.79. The van der Waals surface area contributed by atoms with Crippen LogP contribution in [0.4, 0.5) is 0 Å². The Hall–Kier alpha value is -1.84. The van der Waals surface area contributed by atoms with Crippen molar-refractivity contribution in [2.75, 3.05) is 6.61 Å². The van der Waals surface area contributed by atoms with Crippen molar-refractivity contribution in [3.63, 3.8) is 0 Å². The van der Waals surface area contributed by atoms with Crippen LogP contribution in [-0.2, 0) is 12.8 Å². The van der Waals surface area contributed by atoms with Crippen LogP contribution >= 0.6 is 0 Å². The molecule has 0 saturated heterocycles. The number of hydrogen-bond acceptors (Lipinski definition) is 3. The van der Waals surface area contributed by atoms with Gasteiger partial charge < -0.3 is 4.74 Å². The van der Waals surface area contributed by atoms with E-state index in [9.17, 15) is 4.79 Å². The van der Waals surface area contributed by atoms with Crippen LogP contribution in [0.2, 0.25) is 0 Å². The topological polar surface area (TPSA) is 43.6 Å². The molecular formula is C13H14N2O2. The fourth-order valence-electron chi connectivity index (χ4n) is 2.38. The van der Waals surface area contributed by atoms with Gasteiger partial charge in [0.1, 0.15) is 0 Å². The summed E-state index contributed by atoms with van der Waals surface area (Å²) in [5.41, 5.74) is 2.52. The SMILES string of the molecule is CCOc1cccn2c(=O)c3c(nc12)CCC3. The second-order valence-corrected chi connectivity index (χ2v) is 4.19. The Morgan fingerprint density at radius 2 is 2.35 bits per heavy atom. The second-order valence-electron chi connectivity index (χ2n) is 4.19. The molecule has 0 saturated carbocycles. The zero-order valence-electron chi connectivity index (χ0n) is 9.77. The van der Waals surface area contributed by atoms with Gasteiger partial charge in [-0.05, 0) is 38.3 Å². The van der Waals surface area contributed by atoms with Crippen LogP contribution in [0, 0.1) is 0 Å². The molecule has 0 atom stereocenters. The first-order valence-electron chi connectivity index (χ1n) is 5.97. The van der Waals surface area contributed by atoms with Crippen molar-refractivity contribution in [2.24, 2.45) is 0 Å². The largest absolute Gasteiger partial charge is 0.490 e. The summed E-state index contributed by atoms with van der Waals surface area (Å²) in [7, 11) is 0. The van der Waals surface area contributed by atoms with Crippen molar-refractivity contribution >= 4 is 5.65 Å². The molecule has 0 fully saturated rings. The molecule has 4 heteroatoms. The molecule has 0 spiro atoms. The third-order valence-corrected chi connectivity index (χ3v) is 3.14. The molecule has 1 aliphatic carbocycles. The quantitative estimate of drug-likeness (QED) is 0.786. The number of fused-ring (bicyclic) bond motifs is 2. The van der Waals surface area contributed by atoms with Crippen molar-refractivity contribution in [2.45, 2.75) is 26.2 Å². The van der Waals surface area contributed by atoms with Gasteiger partial charge in [0.05, 0.1) is 12.3 Å². The maximum Gasteiger partial charge on any atom is 0.261 e. The van der Waals surface area contributed by atoms with Crippen molar-refractivity contribution in [3.05, 3.63) is 39.9 Å². The van der Waals surface area contributed by atoms with E-state index in [0.717, 1.165) is 30.5 Å². The molecule has 3 rings (SSSR count). The highest BCUT2D eigenvalue weighted by molar-refractivity contribution is 5.54. The smallest absolute Gasteiger partial charge is 0.261 e. The molecule has 0 aromatic carbocycles. The monoisotopic (exact) mass is 230 g/mol. The highest BCUT2D eigenvalue weighted by atomic mass is 16.5. The Morgan fingerprint density at radius 3 is 3.18 bits per heavy atom. The number of hydrogen-bond donors (Lipinski definition) is 0. The fourth-order valence-corrected chi connectivity index (χ4v) is 2.38. The van der Waals surface area contributed by atoms with Crippen molar-refractivity contribution in [3.8, 4) is 5.75 Å². The van der Waals surface area contributed by atoms with Gasteiger partial charge in [0.25, 0.3) is 5.56 Å². The first-order valence-corrected chi connectivity index (χ1v) is 5.97. The highest BCUT2D eigenvalue weighted by Gasteiger charge is 2.19. The standard InChI is InChI=1S/C13H14N2O2/c1-2-17-11-7-4-8-15-12(11)14-10-6-3-5-9(10)13(15)16/h4,7-8H,2-3,5-6H2,1H3. The third-order valence-electron chi connectivity index (χ3n) is 3.14. The molecule has 0 aliphatic heterocycles. The number of aryl methyl sites for hydroxylation is 1. The van der Waals surface area contributed by atoms with Crippen LogP contribution in [-0.4, -0.2) is 16.0 Å². The van der Waals surface area contributed by atoms with E-state index in [0.29, 0.717) is 18.0 Å². The van der Waals surface area contributed by atoms with E-state index in [1.165, 1.54) is 0 Å². The molecule has 0 amide bonds. The maximum atomic E-state index is 12.2. The lowest BCUT2D eigenvalue weighted by Gasteiger charge is -2.09. The van der Waals surface area contributed by atoms with E-state index >= 15 is 0 Å². The summed E-state index contributed by atoms with van der Waals surface area (Å²) >= 11 is 0. The van der Waals surface area contributed by atoms with Crippen LogP contribution in [0.15, 0.2) is 23.1 Å². The number of nitrogens with zero attached hydrogens (tertiary/aromatic N) is 2. The summed E-state index contributed by atoms with van der Waals surface area (Å²) in [6, 6.07) is 3.68. The lowest BCUT2D eigenvalue weighted by Crippen LogP contribution is -2.20. The van der Waals surface area contributed by atoms with Gasteiger partial charge in [-0.15, -0.1) is 0 Å². The molecule has 88 valence electrons. The van der Waals surface area contributed by atoms with Crippen LogP contribution in [0.3, 0.4) is 0 Å². The summed E-state index contributed by atoms with van der Waals surface area (Å²) in [6.45, 7) is 2.50. The molecule has 0 unspecified atom stereocenters. The summed E-state index contributed by atoms with van der Waals surface area (Å²) in [5.74, 6) is 0.682. The number of aromatic nitrogens is 2. The zero-order chi connectivity index (χ0) is 11.8. The first kappa shape index (κ1) is 10.3. The van der Waals surface area contributed by atoms with E-state index < -0.39 is 0 Å². The zero-order valence-corrected chi connectivity index (χ0v) is 9.77. The van der Waals surface area contributed by atoms with Crippen LogP contribution < -0.4 is 10.3 Å². The average molecular weight is 230 g/mol. The van der Waals surface area contributed by atoms with E-state index in [4.69, 9.17) is 4.74 Å². The minimum absolute atomic E-state index is 0.0593. The van der Waals surface area contributed by atoms with Gasteiger partial charge in [-0.2, -0.15) is 0 Å². The minimum atomic E-state index is 0.0593. The Morgan fingerprint density at radius 1 is 1.47 bits per heavy atom. The van der Waals surface area contributed by atoms with Crippen LogP contribution in [0.5, 0.6) is 5.75 Å². The summed E-state index contributed by atoms with van der Waals surface area (Å²) in [5, 5.41) is 0. The normalized spacial score (nSPS) is 13.9. The molecule has 2 aromatic rings. The Balaban J connectivity index is 2.35. The molecule has 2 heterocycles. The van der Waals surface area contributed by atoms with Crippen LogP contribution in [0.25, 0.3) is 5.65 Å². The lowest BCUT2D eigenvalue weighted by atomic mass is 10.2. The van der Waals surface area contributed by atoms with Gasteiger partial charge in [0, 0.05) is 11.8 Å². The summed E-state index contributed by atoms with van der Waals surface area (Å²) in [6.07, 6.45) is 4.54. The Labute approximate surface area is 98.9 Å². The molecule has 17 heavy (non-hydrogen) atoms. The molecule has 0 bridgehead atoms. The lowest BCUT2D eigenvalue weighted by molar-refractivity contribution is 0.342. The predicted molar refractivity (Wildman–Crippen MR) is 64.7 cm³/mol. The number of rotatable bonds is 2. The van der Waals surface area contributed by atoms with Gasteiger partial charge >= 0.3 is 0 Å². The van der Waals surface area contributed by atoms with E-state index in [-0.39, 0.29) is 5.56 Å². The van der Waals surface area contributed by atoms with E-state index in [1.54, 1.807) is 10.6 Å². The predicted octanol–water partition coefficient (Wildman–Crippen LogP) is 1.58. The molecule has 0 N–H and O–H groups in total.